The van der Waals surface area contributed by atoms with Gasteiger partial charge in [0.15, 0.2) is 0 Å². The number of fused-ring (bicyclic) bond motifs is 16. The summed E-state index contributed by atoms with van der Waals surface area (Å²) in [6, 6.07) is 78.2. The van der Waals surface area contributed by atoms with Gasteiger partial charge in [-0.3, -0.25) is 0 Å². The summed E-state index contributed by atoms with van der Waals surface area (Å²) in [5.41, 5.74) is 15.3. The molecule has 0 atom stereocenters. The Morgan fingerprint density at radius 3 is 1.37 bits per heavy atom. The van der Waals surface area contributed by atoms with Crippen LogP contribution >= 0.6 is 0 Å². The summed E-state index contributed by atoms with van der Waals surface area (Å²) < 4.78 is 0. The second-order valence-corrected chi connectivity index (χ2v) is 16.7. The van der Waals surface area contributed by atoms with Crippen LogP contribution in [0.4, 0.5) is 0 Å². The molecule has 0 radical (unpaired) electrons. The van der Waals surface area contributed by atoms with E-state index in [-0.39, 0.29) is 0 Å². The molecule has 0 nitrogen and oxygen atoms in total. The van der Waals surface area contributed by atoms with E-state index >= 15 is 0 Å². The topological polar surface area (TPSA) is 0 Å². The van der Waals surface area contributed by atoms with Gasteiger partial charge in [-0.1, -0.05) is 188 Å². The van der Waals surface area contributed by atoms with Gasteiger partial charge in [0.2, 0.25) is 0 Å². The highest BCUT2D eigenvalue weighted by Gasteiger charge is 2.51. The van der Waals surface area contributed by atoms with Gasteiger partial charge in [0.1, 0.15) is 0 Å². The first-order chi connectivity index (χ1) is 29.3. The van der Waals surface area contributed by atoms with E-state index in [0.717, 1.165) is 0 Å². The zero-order valence-electron chi connectivity index (χ0n) is 32.1. The fourth-order valence-corrected chi connectivity index (χ4v) is 11.5. The lowest BCUT2D eigenvalue weighted by atomic mass is 9.70. The van der Waals surface area contributed by atoms with E-state index in [2.05, 4.69) is 206 Å². The summed E-state index contributed by atoms with van der Waals surface area (Å²) in [5.74, 6) is 0. The first-order valence-electron chi connectivity index (χ1n) is 20.7. The van der Waals surface area contributed by atoms with Crippen molar-refractivity contribution < 1.29 is 0 Å². The average molecular weight is 743 g/mol. The molecule has 270 valence electrons. The van der Waals surface area contributed by atoms with Crippen LogP contribution in [0.3, 0.4) is 0 Å². The van der Waals surface area contributed by atoms with Crippen LogP contribution in [0.25, 0.3) is 109 Å². The molecule has 0 aliphatic heterocycles. The minimum atomic E-state index is -0.448. The Morgan fingerprint density at radius 2 is 0.695 bits per heavy atom. The Balaban J connectivity index is 0.998. The predicted octanol–water partition coefficient (Wildman–Crippen LogP) is 15.7. The highest BCUT2D eigenvalue weighted by atomic mass is 14.5. The van der Waals surface area contributed by atoms with Crippen LogP contribution < -0.4 is 0 Å². The normalized spacial score (nSPS) is 13.6. The van der Waals surface area contributed by atoms with Crippen LogP contribution in [-0.2, 0) is 5.41 Å². The molecule has 12 aromatic carbocycles. The smallest absolute Gasteiger partial charge is 0.0619 e. The first-order valence-corrected chi connectivity index (χ1v) is 20.7. The van der Waals surface area contributed by atoms with Crippen LogP contribution in [0.15, 0.2) is 206 Å². The van der Waals surface area contributed by atoms with E-state index in [1.807, 2.05) is 0 Å². The SMILES string of the molecule is c1ccc2c(c1)-c1ccccc1C21c2cc(-c3ccc(-c4ccc5ccc6cccc7ccc4c5c67)cc3)ccc2-c2cc3c4ccccc4c4ccccc4c3cc21. The van der Waals surface area contributed by atoms with Gasteiger partial charge < -0.3 is 0 Å². The quantitative estimate of drug-likeness (QED) is 0.155. The molecule has 0 amide bonds. The molecule has 12 aromatic rings. The molecule has 2 aliphatic rings. The van der Waals surface area contributed by atoms with Crippen molar-refractivity contribution in [3.63, 3.8) is 0 Å². The molecule has 2 aliphatic carbocycles. The molecule has 0 heterocycles. The van der Waals surface area contributed by atoms with Gasteiger partial charge in [0, 0.05) is 0 Å². The van der Waals surface area contributed by atoms with Gasteiger partial charge in [0.05, 0.1) is 5.41 Å². The summed E-state index contributed by atoms with van der Waals surface area (Å²) in [6.45, 7) is 0. The molecule has 0 saturated carbocycles. The van der Waals surface area contributed by atoms with Gasteiger partial charge in [-0.2, -0.15) is 0 Å². The molecule has 0 N–H and O–H groups in total. The fourth-order valence-electron chi connectivity index (χ4n) is 11.5. The molecular weight excluding hydrogens is 709 g/mol. The van der Waals surface area contributed by atoms with Crippen LogP contribution in [0.1, 0.15) is 22.3 Å². The second-order valence-electron chi connectivity index (χ2n) is 16.7. The molecule has 0 saturated heterocycles. The van der Waals surface area contributed by atoms with E-state index in [0.29, 0.717) is 0 Å². The lowest BCUT2D eigenvalue weighted by molar-refractivity contribution is 0.795. The zero-order valence-corrected chi connectivity index (χ0v) is 32.1. The molecule has 59 heavy (non-hydrogen) atoms. The maximum Gasteiger partial charge on any atom is 0.0725 e. The first kappa shape index (κ1) is 31.5. The molecular formula is C59H34. The van der Waals surface area contributed by atoms with Crippen LogP contribution in [0.2, 0.25) is 0 Å². The van der Waals surface area contributed by atoms with Crippen molar-refractivity contribution in [1.29, 1.82) is 0 Å². The summed E-state index contributed by atoms with van der Waals surface area (Å²) in [6.07, 6.45) is 0. The van der Waals surface area contributed by atoms with Crippen molar-refractivity contribution >= 4 is 64.6 Å². The van der Waals surface area contributed by atoms with Crippen molar-refractivity contribution in [3.05, 3.63) is 229 Å². The largest absolute Gasteiger partial charge is 0.0725 e. The number of benzene rings is 12. The van der Waals surface area contributed by atoms with Crippen molar-refractivity contribution in [2.24, 2.45) is 0 Å². The lowest BCUT2D eigenvalue weighted by Gasteiger charge is -2.31. The van der Waals surface area contributed by atoms with Gasteiger partial charge >= 0.3 is 0 Å². The van der Waals surface area contributed by atoms with Crippen LogP contribution in [0.5, 0.6) is 0 Å². The van der Waals surface area contributed by atoms with E-state index in [1.165, 1.54) is 131 Å². The van der Waals surface area contributed by atoms with E-state index in [9.17, 15) is 0 Å². The molecule has 0 bridgehead atoms. The van der Waals surface area contributed by atoms with Crippen molar-refractivity contribution in [2.45, 2.75) is 5.41 Å². The minimum absolute atomic E-state index is 0.448. The van der Waals surface area contributed by atoms with Crippen LogP contribution in [-0.4, -0.2) is 0 Å². The summed E-state index contributed by atoms with van der Waals surface area (Å²) in [5, 5.41) is 15.8. The predicted molar refractivity (Wildman–Crippen MR) is 250 cm³/mol. The lowest BCUT2D eigenvalue weighted by Crippen LogP contribution is -2.25. The highest BCUT2D eigenvalue weighted by Crippen LogP contribution is 2.64. The third-order valence-electron chi connectivity index (χ3n) is 14.0. The zero-order chi connectivity index (χ0) is 38.4. The number of hydrogen-bond acceptors (Lipinski definition) is 0. The summed E-state index contributed by atoms with van der Waals surface area (Å²) in [7, 11) is 0. The third-order valence-corrected chi connectivity index (χ3v) is 14.0. The summed E-state index contributed by atoms with van der Waals surface area (Å²) in [4.78, 5) is 0. The van der Waals surface area contributed by atoms with Crippen LogP contribution in [0, 0.1) is 0 Å². The Hall–Kier alpha value is -7.54. The minimum Gasteiger partial charge on any atom is -0.0619 e. The van der Waals surface area contributed by atoms with Gasteiger partial charge in [-0.15, -0.1) is 0 Å². The standard InChI is InChI=1S/C59H34/c1-3-14-44-42(12-1)43-13-2-4-15-45(43)51-34-56-52(33-50(44)51)48-30-28-40(32-55(48)59(56)53-18-7-5-16-46(53)47-17-6-8-19-54(47)59)35-20-22-36(23-21-35)41-29-26-39-25-24-37-10-9-11-38-27-31-49(41)58(39)57(37)38/h1-34H. The number of hydrogen-bond donors (Lipinski definition) is 0. The Kier molecular flexibility index (Phi) is 6.05. The Bertz CT molecular complexity index is 3710. The number of rotatable bonds is 2. The van der Waals surface area contributed by atoms with E-state index < -0.39 is 5.41 Å². The molecule has 1 spiro atoms. The van der Waals surface area contributed by atoms with Gasteiger partial charge in [-0.25, -0.2) is 0 Å². The second kappa shape index (κ2) is 11.3. The molecule has 0 aromatic heterocycles. The molecule has 14 rings (SSSR count). The maximum atomic E-state index is 2.56. The van der Waals surface area contributed by atoms with E-state index in [4.69, 9.17) is 0 Å². The van der Waals surface area contributed by atoms with Gasteiger partial charge in [0.25, 0.3) is 0 Å². The summed E-state index contributed by atoms with van der Waals surface area (Å²) >= 11 is 0. The molecule has 0 fully saturated rings. The fraction of sp³-hybridized carbons (Fsp3) is 0.0169. The third kappa shape index (κ3) is 3.98. The van der Waals surface area contributed by atoms with Crippen molar-refractivity contribution in [3.8, 4) is 44.5 Å². The Morgan fingerprint density at radius 1 is 0.220 bits per heavy atom. The van der Waals surface area contributed by atoms with Crippen molar-refractivity contribution in [1.82, 2.24) is 0 Å². The highest BCUT2D eigenvalue weighted by molar-refractivity contribution is 6.27. The van der Waals surface area contributed by atoms with Crippen molar-refractivity contribution in [2.75, 3.05) is 0 Å². The maximum absolute atomic E-state index is 2.56. The Labute approximate surface area is 341 Å². The van der Waals surface area contributed by atoms with E-state index in [1.54, 1.807) is 0 Å². The van der Waals surface area contributed by atoms with Gasteiger partial charge in [-0.05, 0) is 150 Å². The molecule has 0 heteroatoms. The molecule has 0 unspecified atom stereocenters. The monoisotopic (exact) mass is 742 g/mol. The average Bonchev–Trinajstić information content (AvgIpc) is 3.77.